The van der Waals surface area contributed by atoms with Gasteiger partial charge in [-0.2, -0.15) is 0 Å². The lowest BCUT2D eigenvalue weighted by atomic mass is 9.91. The molecule has 1 heterocycles. The molecule has 0 radical (unpaired) electrons. The molecule has 7 nitrogen and oxygen atoms in total. The van der Waals surface area contributed by atoms with Crippen molar-refractivity contribution >= 4 is 11.9 Å². The third-order valence-corrected chi connectivity index (χ3v) is 5.17. The molecule has 2 aromatic carbocycles. The summed E-state index contributed by atoms with van der Waals surface area (Å²) in [5.41, 5.74) is 2.62. The van der Waals surface area contributed by atoms with Gasteiger partial charge in [0.05, 0.1) is 20.3 Å². The zero-order chi connectivity index (χ0) is 21.7. The molecule has 1 aliphatic rings. The van der Waals surface area contributed by atoms with Crippen LogP contribution in [0.5, 0.6) is 11.5 Å². The zero-order valence-electron chi connectivity index (χ0n) is 17.9. The molecule has 0 bridgehead atoms. The van der Waals surface area contributed by atoms with Gasteiger partial charge in [0.25, 0.3) is 5.91 Å². The summed E-state index contributed by atoms with van der Waals surface area (Å²) in [5, 5.41) is 5.94. The van der Waals surface area contributed by atoms with Crippen LogP contribution in [0.1, 0.15) is 41.4 Å². The molecular weight excluding hydrogens is 382 g/mol. The molecule has 3 rings (SSSR count). The molecule has 1 aliphatic heterocycles. The van der Waals surface area contributed by atoms with Gasteiger partial charge in [0.2, 0.25) is 0 Å². The van der Waals surface area contributed by atoms with Crippen LogP contribution in [-0.4, -0.2) is 50.2 Å². The van der Waals surface area contributed by atoms with Crippen molar-refractivity contribution in [1.82, 2.24) is 15.5 Å². The number of benzene rings is 2. The third-order valence-electron chi connectivity index (χ3n) is 5.17. The Kier molecular flexibility index (Phi) is 6.82. The van der Waals surface area contributed by atoms with Crippen LogP contribution < -0.4 is 20.1 Å². The minimum Gasteiger partial charge on any atom is -0.493 e. The molecule has 3 amide bonds. The topological polar surface area (TPSA) is 79.9 Å². The summed E-state index contributed by atoms with van der Waals surface area (Å²) >= 11 is 0. The molecule has 0 unspecified atom stereocenters. The first-order valence-corrected chi connectivity index (χ1v) is 10.1. The highest BCUT2D eigenvalue weighted by Crippen LogP contribution is 2.38. The molecule has 0 aromatic heterocycles. The van der Waals surface area contributed by atoms with Gasteiger partial charge in [-0.1, -0.05) is 18.2 Å². The van der Waals surface area contributed by atoms with Gasteiger partial charge in [0, 0.05) is 24.7 Å². The number of methoxy groups -OCH3 is 2. The van der Waals surface area contributed by atoms with Gasteiger partial charge in [-0.25, -0.2) is 4.79 Å². The van der Waals surface area contributed by atoms with Crippen molar-refractivity contribution in [1.29, 1.82) is 0 Å². The van der Waals surface area contributed by atoms with E-state index in [1.54, 1.807) is 31.3 Å². The average Bonchev–Trinajstić information content (AvgIpc) is 2.76. The summed E-state index contributed by atoms with van der Waals surface area (Å²) < 4.78 is 10.9. The predicted octanol–water partition coefficient (Wildman–Crippen LogP) is 3.15. The molecule has 0 saturated heterocycles. The second-order valence-corrected chi connectivity index (χ2v) is 7.55. The number of urea groups is 1. The third kappa shape index (κ3) is 4.67. The van der Waals surface area contributed by atoms with E-state index in [-0.39, 0.29) is 24.0 Å². The highest BCUT2D eigenvalue weighted by molar-refractivity contribution is 5.94. The van der Waals surface area contributed by atoms with E-state index in [9.17, 15) is 9.59 Å². The molecule has 160 valence electrons. The Morgan fingerprint density at radius 2 is 1.77 bits per heavy atom. The van der Waals surface area contributed by atoms with Gasteiger partial charge < -0.3 is 25.0 Å². The SMILES string of the molecule is COc1cc2c(cc1OC)[C@H](CNC(=O)c1ccccc1)N(C(=O)NC(C)C)CC2. The van der Waals surface area contributed by atoms with Gasteiger partial charge in [-0.05, 0) is 55.7 Å². The van der Waals surface area contributed by atoms with Crippen LogP contribution in [0.4, 0.5) is 4.79 Å². The summed E-state index contributed by atoms with van der Waals surface area (Å²) in [6.07, 6.45) is 0.699. The van der Waals surface area contributed by atoms with E-state index in [2.05, 4.69) is 10.6 Å². The van der Waals surface area contributed by atoms with Crippen molar-refractivity contribution < 1.29 is 19.1 Å². The van der Waals surface area contributed by atoms with E-state index in [0.717, 1.165) is 11.1 Å². The van der Waals surface area contributed by atoms with Gasteiger partial charge >= 0.3 is 6.03 Å². The summed E-state index contributed by atoms with van der Waals surface area (Å²) in [4.78, 5) is 27.2. The standard InChI is InChI=1S/C23H29N3O4/c1-15(2)25-23(28)26-11-10-17-12-20(29-3)21(30-4)13-18(17)19(26)14-24-22(27)16-8-6-5-7-9-16/h5-9,12-13,15,19H,10-11,14H2,1-4H3,(H,24,27)(H,25,28)/t19-/m0/s1. The fourth-order valence-electron chi connectivity index (χ4n) is 3.70. The quantitative estimate of drug-likeness (QED) is 0.765. The lowest BCUT2D eigenvalue weighted by Gasteiger charge is -2.38. The smallest absolute Gasteiger partial charge is 0.318 e. The second-order valence-electron chi connectivity index (χ2n) is 7.55. The number of nitrogens with zero attached hydrogens (tertiary/aromatic N) is 1. The molecule has 2 aromatic rings. The fourth-order valence-corrected chi connectivity index (χ4v) is 3.70. The summed E-state index contributed by atoms with van der Waals surface area (Å²) in [6, 6.07) is 12.5. The first-order chi connectivity index (χ1) is 14.4. The summed E-state index contributed by atoms with van der Waals surface area (Å²) in [7, 11) is 3.19. The van der Waals surface area contributed by atoms with Crippen molar-refractivity contribution in [3.05, 3.63) is 59.2 Å². The van der Waals surface area contributed by atoms with Gasteiger partial charge in [0.15, 0.2) is 11.5 Å². The number of carbonyl (C=O) groups excluding carboxylic acids is 2. The van der Waals surface area contributed by atoms with E-state index in [0.29, 0.717) is 36.6 Å². The Hall–Kier alpha value is -3.22. The first kappa shape index (κ1) is 21.5. The number of nitrogens with one attached hydrogen (secondary N) is 2. The van der Waals surface area contributed by atoms with Gasteiger partial charge in [0.1, 0.15) is 0 Å². The minimum absolute atomic E-state index is 0.0175. The second kappa shape index (κ2) is 9.52. The lowest BCUT2D eigenvalue weighted by molar-refractivity contribution is 0.0934. The summed E-state index contributed by atoms with van der Waals surface area (Å²) in [5.74, 6) is 1.08. The van der Waals surface area contributed by atoms with Crippen LogP contribution in [0.2, 0.25) is 0 Å². The molecular formula is C23H29N3O4. The van der Waals surface area contributed by atoms with Crippen LogP contribution in [0.15, 0.2) is 42.5 Å². The van der Waals surface area contributed by atoms with Crippen molar-refractivity contribution in [2.75, 3.05) is 27.3 Å². The van der Waals surface area contributed by atoms with E-state index in [1.165, 1.54) is 0 Å². The lowest BCUT2D eigenvalue weighted by Crippen LogP contribution is -2.50. The van der Waals surface area contributed by atoms with Crippen LogP contribution >= 0.6 is 0 Å². The molecule has 2 N–H and O–H groups in total. The van der Waals surface area contributed by atoms with E-state index in [4.69, 9.17) is 9.47 Å². The van der Waals surface area contributed by atoms with Crippen LogP contribution in [-0.2, 0) is 6.42 Å². The van der Waals surface area contributed by atoms with Crippen molar-refractivity contribution in [2.45, 2.75) is 32.4 Å². The van der Waals surface area contributed by atoms with Crippen LogP contribution in [0, 0.1) is 0 Å². The highest BCUT2D eigenvalue weighted by Gasteiger charge is 2.32. The number of ether oxygens (including phenoxy) is 2. The Morgan fingerprint density at radius 1 is 1.10 bits per heavy atom. The largest absolute Gasteiger partial charge is 0.493 e. The number of carbonyl (C=O) groups is 2. The predicted molar refractivity (Wildman–Crippen MR) is 115 cm³/mol. The number of hydrogen-bond acceptors (Lipinski definition) is 4. The number of rotatable bonds is 6. The fraction of sp³-hybridized carbons (Fsp3) is 0.391. The molecule has 1 atom stereocenters. The first-order valence-electron chi connectivity index (χ1n) is 10.1. The molecule has 0 saturated carbocycles. The Morgan fingerprint density at radius 3 is 2.40 bits per heavy atom. The zero-order valence-corrected chi connectivity index (χ0v) is 17.9. The maximum atomic E-state index is 12.9. The average molecular weight is 412 g/mol. The summed E-state index contributed by atoms with van der Waals surface area (Å²) in [6.45, 7) is 4.69. The van der Waals surface area contributed by atoms with Crippen molar-refractivity contribution in [2.24, 2.45) is 0 Å². The molecule has 0 fully saturated rings. The van der Waals surface area contributed by atoms with Crippen molar-refractivity contribution in [3.8, 4) is 11.5 Å². The van der Waals surface area contributed by atoms with E-state index >= 15 is 0 Å². The molecule has 30 heavy (non-hydrogen) atoms. The maximum absolute atomic E-state index is 12.9. The van der Waals surface area contributed by atoms with E-state index < -0.39 is 0 Å². The Bertz CT molecular complexity index is 899. The van der Waals surface area contributed by atoms with Gasteiger partial charge in [-0.15, -0.1) is 0 Å². The number of fused-ring (bicyclic) bond motifs is 1. The Balaban J connectivity index is 1.91. The molecule has 0 spiro atoms. The maximum Gasteiger partial charge on any atom is 0.318 e. The van der Waals surface area contributed by atoms with E-state index in [1.807, 2.05) is 44.2 Å². The van der Waals surface area contributed by atoms with Crippen LogP contribution in [0.25, 0.3) is 0 Å². The highest BCUT2D eigenvalue weighted by atomic mass is 16.5. The molecule has 7 heteroatoms. The number of amides is 3. The van der Waals surface area contributed by atoms with Crippen molar-refractivity contribution in [3.63, 3.8) is 0 Å². The normalized spacial score (nSPS) is 15.4. The Labute approximate surface area is 177 Å². The monoisotopic (exact) mass is 411 g/mol. The minimum atomic E-state index is -0.319. The molecule has 0 aliphatic carbocycles. The van der Waals surface area contributed by atoms with Gasteiger partial charge in [-0.3, -0.25) is 4.79 Å². The van der Waals surface area contributed by atoms with Crippen LogP contribution in [0.3, 0.4) is 0 Å². The number of hydrogen-bond donors (Lipinski definition) is 2.